The van der Waals surface area contributed by atoms with Gasteiger partial charge in [0.15, 0.2) is 0 Å². The first-order valence-corrected chi connectivity index (χ1v) is 7.75. The Hall–Kier alpha value is -0.670. The lowest BCUT2D eigenvalue weighted by Gasteiger charge is -2.43. The number of rotatable bonds is 4. The lowest BCUT2D eigenvalue weighted by atomic mass is 9.76. The molecule has 1 aromatic rings. The zero-order valence-corrected chi connectivity index (χ0v) is 13.4. The molecule has 104 valence electrons. The predicted molar refractivity (Wildman–Crippen MR) is 82.4 cm³/mol. The van der Waals surface area contributed by atoms with Crippen LogP contribution in [0.1, 0.15) is 37.7 Å². The minimum Gasteiger partial charge on any atom is -0.304 e. The molecule has 1 aromatic carbocycles. The van der Waals surface area contributed by atoms with Crippen molar-refractivity contribution in [2.75, 3.05) is 14.1 Å². The van der Waals surface area contributed by atoms with Crippen molar-refractivity contribution in [2.24, 2.45) is 0 Å². The molecule has 0 radical (unpaired) electrons. The molecule has 0 bridgehead atoms. The molecular weight excluding hydrogens is 302 g/mol. The van der Waals surface area contributed by atoms with Crippen LogP contribution in [-0.2, 0) is 11.2 Å². The Balaban J connectivity index is 2.03. The minimum atomic E-state index is 0.205. The number of hydrogen-bond donors (Lipinski definition) is 0. The van der Waals surface area contributed by atoms with Gasteiger partial charge in [0, 0.05) is 22.9 Å². The van der Waals surface area contributed by atoms with Crippen LogP contribution in [0.2, 0.25) is 0 Å². The number of nitrogens with zero attached hydrogens (tertiary/aromatic N) is 1. The molecule has 2 nitrogen and oxygen atoms in total. The molecule has 3 heteroatoms. The maximum absolute atomic E-state index is 11.5. The Labute approximate surface area is 124 Å². The average molecular weight is 324 g/mol. The molecule has 2 rings (SSSR count). The van der Waals surface area contributed by atoms with E-state index in [2.05, 4.69) is 59.2 Å². The Kier molecular flexibility index (Phi) is 4.80. The van der Waals surface area contributed by atoms with Gasteiger partial charge in [-0.25, -0.2) is 0 Å². The van der Waals surface area contributed by atoms with E-state index in [0.717, 1.165) is 43.0 Å². The fourth-order valence-electron chi connectivity index (χ4n) is 2.98. The Morgan fingerprint density at radius 1 is 1.26 bits per heavy atom. The van der Waals surface area contributed by atoms with Crippen LogP contribution >= 0.6 is 15.9 Å². The summed E-state index contributed by atoms with van der Waals surface area (Å²) in [5.74, 6) is 0.430. The molecule has 0 heterocycles. The molecule has 1 aliphatic rings. The molecule has 1 aliphatic carbocycles. The largest absolute Gasteiger partial charge is 0.304 e. The molecule has 0 atom stereocenters. The highest BCUT2D eigenvalue weighted by molar-refractivity contribution is 9.10. The Bertz CT molecular complexity index is 446. The highest BCUT2D eigenvalue weighted by atomic mass is 79.9. The second kappa shape index (κ2) is 6.19. The first kappa shape index (κ1) is 14.7. The van der Waals surface area contributed by atoms with E-state index in [9.17, 15) is 4.79 Å². The summed E-state index contributed by atoms with van der Waals surface area (Å²) in [6.45, 7) is 0. The van der Waals surface area contributed by atoms with Crippen molar-refractivity contribution < 1.29 is 4.79 Å². The minimum absolute atomic E-state index is 0.205. The van der Waals surface area contributed by atoms with Crippen LogP contribution in [0.4, 0.5) is 0 Å². The maximum atomic E-state index is 11.5. The number of carbonyl (C=O) groups excluding carboxylic acids is 1. The van der Waals surface area contributed by atoms with Gasteiger partial charge in [-0.3, -0.25) is 4.79 Å². The Morgan fingerprint density at radius 2 is 1.95 bits per heavy atom. The summed E-state index contributed by atoms with van der Waals surface area (Å²) >= 11 is 3.52. The summed E-state index contributed by atoms with van der Waals surface area (Å²) in [6, 6.07) is 8.52. The van der Waals surface area contributed by atoms with Crippen molar-refractivity contribution in [3.8, 4) is 0 Å². The maximum Gasteiger partial charge on any atom is 0.133 e. The van der Waals surface area contributed by atoms with Crippen molar-refractivity contribution in [3.63, 3.8) is 0 Å². The van der Waals surface area contributed by atoms with Gasteiger partial charge in [0.1, 0.15) is 5.78 Å². The van der Waals surface area contributed by atoms with E-state index in [0.29, 0.717) is 5.78 Å². The molecule has 1 fully saturated rings. The normalized spacial score (nSPS) is 18.8. The van der Waals surface area contributed by atoms with E-state index in [4.69, 9.17) is 0 Å². The van der Waals surface area contributed by atoms with Gasteiger partial charge in [-0.1, -0.05) is 28.1 Å². The third kappa shape index (κ3) is 3.67. The van der Waals surface area contributed by atoms with Crippen molar-refractivity contribution in [1.29, 1.82) is 0 Å². The quantitative estimate of drug-likeness (QED) is 0.839. The zero-order chi connectivity index (χ0) is 13.9. The molecule has 0 aromatic heterocycles. The smallest absolute Gasteiger partial charge is 0.133 e. The number of Topliss-reactive ketones (excluding diaryl/α,β-unsaturated/α-hetero) is 1. The second-order valence-corrected chi connectivity index (χ2v) is 6.70. The SMILES string of the molecule is CN(C)C1(CCc2cccc(Br)c2)CCC(=O)CC1. The van der Waals surface area contributed by atoms with E-state index >= 15 is 0 Å². The molecule has 0 aliphatic heterocycles. The van der Waals surface area contributed by atoms with Crippen LogP contribution in [0.25, 0.3) is 0 Å². The number of benzene rings is 1. The van der Waals surface area contributed by atoms with Gasteiger partial charge in [0.05, 0.1) is 0 Å². The predicted octanol–water partition coefficient (Wildman–Crippen LogP) is 3.83. The van der Waals surface area contributed by atoms with Gasteiger partial charge < -0.3 is 4.90 Å². The van der Waals surface area contributed by atoms with E-state index in [1.54, 1.807) is 0 Å². The molecule has 0 amide bonds. The number of ketones is 1. The second-order valence-electron chi connectivity index (χ2n) is 5.79. The summed E-state index contributed by atoms with van der Waals surface area (Å²) in [4.78, 5) is 13.8. The van der Waals surface area contributed by atoms with Crippen molar-refractivity contribution in [1.82, 2.24) is 4.90 Å². The van der Waals surface area contributed by atoms with Crippen LogP contribution in [0.15, 0.2) is 28.7 Å². The highest BCUT2D eigenvalue weighted by Gasteiger charge is 2.36. The van der Waals surface area contributed by atoms with E-state index in [-0.39, 0.29) is 5.54 Å². The van der Waals surface area contributed by atoms with Gasteiger partial charge >= 0.3 is 0 Å². The summed E-state index contributed by atoms with van der Waals surface area (Å²) in [7, 11) is 4.30. The topological polar surface area (TPSA) is 20.3 Å². The lowest BCUT2D eigenvalue weighted by molar-refractivity contribution is -0.122. The van der Waals surface area contributed by atoms with Crippen LogP contribution < -0.4 is 0 Å². The van der Waals surface area contributed by atoms with Gasteiger partial charge in [0.25, 0.3) is 0 Å². The number of aryl methyl sites for hydroxylation is 1. The van der Waals surface area contributed by atoms with Crippen LogP contribution in [-0.4, -0.2) is 30.3 Å². The van der Waals surface area contributed by atoms with Gasteiger partial charge in [-0.15, -0.1) is 0 Å². The van der Waals surface area contributed by atoms with Crippen LogP contribution in [0, 0.1) is 0 Å². The van der Waals surface area contributed by atoms with Gasteiger partial charge in [0.2, 0.25) is 0 Å². The summed E-state index contributed by atoms with van der Waals surface area (Å²) in [6.07, 6.45) is 5.71. The fourth-order valence-corrected chi connectivity index (χ4v) is 3.43. The summed E-state index contributed by atoms with van der Waals surface area (Å²) in [5.41, 5.74) is 1.57. The number of halogens is 1. The monoisotopic (exact) mass is 323 g/mol. The molecule has 0 spiro atoms. The molecule has 1 saturated carbocycles. The number of hydrogen-bond acceptors (Lipinski definition) is 2. The molecule has 19 heavy (non-hydrogen) atoms. The van der Waals surface area contributed by atoms with Crippen molar-refractivity contribution >= 4 is 21.7 Å². The fraction of sp³-hybridized carbons (Fsp3) is 0.562. The third-order valence-corrected chi connectivity index (χ3v) is 4.95. The summed E-state index contributed by atoms with van der Waals surface area (Å²) < 4.78 is 1.14. The molecule has 0 unspecified atom stereocenters. The summed E-state index contributed by atoms with van der Waals surface area (Å²) in [5, 5.41) is 0. The standard InChI is InChI=1S/C16H22BrNO/c1-18(2)16(10-7-15(19)8-11-16)9-6-13-4-3-5-14(17)12-13/h3-5,12H,6-11H2,1-2H3. The first-order valence-electron chi connectivity index (χ1n) is 6.95. The van der Waals surface area contributed by atoms with Crippen molar-refractivity contribution in [2.45, 2.75) is 44.1 Å². The van der Waals surface area contributed by atoms with Gasteiger partial charge in [-0.2, -0.15) is 0 Å². The first-order chi connectivity index (χ1) is 9.02. The van der Waals surface area contributed by atoms with Crippen LogP contribution in [0.3, 0.4) is 0 Å². The van der Waals surface area contributed by atoms with E-state index in [1.807, 2.05) is 0 Å². The van der Waals surface area contributed by atoms with Crippen molar-refractivity contribution in [3.05, 3.63) is 34.3 Å². The zero-order valence-electron chi connectivity index (χ0n) is 11.8. The molecule has 0 N–H and O–H groups in total. The van der Waals surface area contributed by atoms with E-state index < -0.39 is 0 Å². The van der Waals surface area contributed by atoms with Crippen LogP contribution in [0.5, 0.6) is 0 Å². The third-order valence-electron chi connectivity index (χ3n) is 4.46. The molecule has 0 saturated heterocycles. The van der Waals surface area contributed by atoms with Gasteiger partial charge in [-0.05, 0) is 57.5 Å². The average Bonchev–Trinajstić information content (AvgIpc) is 2.38. The number of carbonyl (C=O) groups is 1. The lowest BCUT2D eigenvalue weighted by Crippen LogP contribution is -2.47. The highest BCUT2D eigenvalue weighted by Crippen LogP contribution is 2.34. The Morgan fingerprint density at radius 3 is 2.53 bits per heavy atom. The molecular formula is C16H22BrNO. The van der Waals surface area contributed by atoms with E-state index in [1.165, 1.54) is 5.56 Å².